The summed E-state index contributed by atoms with van der Waals surface area (Å²) in [6.07, 6.45) is 0. The van der Waals surface area contributed by atoms with Crippen LogP contribution in [0, 0.1) is 13.8 Å². The Hall–Kier alpha value is -3.42. The maximum absolute atomic E-state index is 12.2. The van der Waals surface area contributed by atoms with E-state index < -0.39 is 0 Å². The van der Waals surface area contributed by atoms with E-state index in [0.29, 0.717) is 11.4 Å². The third-order valence-electron chi connectivity index (χ3n) is 4.46. The van der Waals surface area contributed by atoms with E-state index in [0.717, 1.165) is 23.5 Å². The molecule has 1 aromatic carbocycles. The fourth-order valence-electron chi connectivity index (χ4n) is 2.99. The van der Waals surface area contributed by atoms with E-state index in [1.807, 2.05) is 55.8 Å². The zero-order chi connectivity index (χ0) is 20.1. The first-order valence-electron chi connectivity index (χ1n) is 9.22. The zero-order valence-corrected chi connectivity index (χ0v) is 16.3. The summed E-state index contributed by atoms with van der Waals surface area (Å²) >= 11 is 0. The molecule has 0 saturated heterocycles. The van der Waals surface area contributed by atoms with E-state index in [1.165, 1.54) is 10.7 Å². The van der Waals surface area contributed by atoms with Crippen molar-refractivity contribution in [2.24, 2.45) is 0 Å². The molecule has 8 heteroatoms. The smallest absolute Gasteiger partial charge is 0.319 e. The summed E-state index contributed by atoms with van der Waals surface area (Å²) in [6.45, 7) is 7.06. The van der Waals surface area contributed by atoms with E-state index in [2.05, 4.69) is 20.8 Å². The normalized spacial score (nSPS) is 10.7. The molecule has 8 nitrogen and oxygen atoms in total. The highest BCUT2D eigenvalue weighted by atomic mass is 16.2. The summed E-state index contributed by atoms with van der Waals surface area (Å²) in [5, 5.41) is 14.4. The first-order valence-corrected chi connectivity index (χ1v) is 9.22. The molecule has 0 unspecified atom stereocenters. The third-order valence-corrected chi connectivity index (χ3v) is 4.46. The van der Waals surface area contributed by atoms with Crippen molar-refractivity contribution in [3.8, 4) is 11.3 Å². The zero-order valence-electron chi connectivity index (χ0n) is 16.3. The molecule has 2 aromatic heterocycles. The molecule has 0 radical (unpaired) electrons. The molecule has 146 valence electrons. The summed E-state index contributed by atoms with van der Waals surface area (Å²) in [4.78, 5) is 24.3. The second-order valence-electron chi connectivity index (χ2n) is 6.39. The monoisotopic (exact) mass is 380 g/mol. The van der Waals surface area contributed by atoms with Crippen molar-refractivity contribution in [2.45, 2.75) is 33.9 Å². The molecular formula is C20H24N6O2. The Morgan fingerprint density at radius 1 is 1.04 bits per heavy atom. The van der Waals surface area contributed by atoms with Gasteiger partial charge in [0.2, 0.25) is 0 Å². The largest absolute Gasteiger partial charge is 0.336 e. The molecule has 0 atom stereocenters. The van der Waals surface area contributed by atoms with Crippen LogP contribution in [0.25, 0.3) is 11.3 Å². The number of nitrogens with zero attached hydrogens (tertiary/aromatic N) is 4. The van der Waals surface area contributed by atoms with Crippen LogP contribution in [0.4, 0.5) is 10.5 Å². The van der Waals surface area contributed by atoms with Crippen molar-refractivity contribution in [1.82, 2.24) is 24.9 Å². The van der Waals surface area contributed by atoms with Gasteiger partial charge in [0.1, 0.15) is 0 Å². The van der Waals surface area contributed by atoms with Crippen LogP contribution in [0.5, 0.6) is 0 Å². The topological polar surface area (TPSA) is 93.8 Å². The Morgan fingerprint density at radius 3 is 2.46 bits per heavy atom. The third kappa shape index (κ3) is 4.28. The fourth-order valence-corrected chi connectivity index (χ4v) is 2.99. The van der Waals surface area contributed by atoms with E-state index >= 15 is 0 Å². The van der Waals surface area contributed by atoms with Crippen molar-refractivity contribution >= 4 is 11.7 Å². The quantitative estimate of drug-likeness (QED) is 0.687. The molecule has 0 saturated carbocycles. The van der Waals surface area contributed by atoms with Crippen LogP contribution in [0.3, 0.4) is 0 Å². The Morgan fingerprint density at radius 2 is 1.79 bits per heavy atom. The predicted molar refractivity (Wildman–Crippen MR) is 108 cm³/mol. The van der Waals surface area contributed by atoms with Crippen LogP contribution in [0.2, 0.25) is 0 Å². The van der Waals surface area contributed by atoms with Crippen LogP contribution in [-0.4, -0.2) is 32.1 Å². The van der Waals surface area contributed by atoms with Crippen molar-refractivity contribution in [2.75, 3.05) is 11.9 Å². The molecule has 2 heterocycles. The first kappa shape index (κ1) is 19.3. The van der Waals surface area contributed by atoms with E-state index in [9.17, 15) is 9.59 Å². The van der Waals surface area contributed by atoms with Gasteiger partial charge in [0.25, 0.3) is 5.56 Å². The molecule has 0 aliphatic rings. The molecule has 0 bridgehead atoms. The average molecular weight is 380 g/mol. The van der Waals surface area contributed by atoms with Gasteiger partial charge in [-0.1, -0.05) is 30.3 Å². The van der Waals surface area contributed by atoms with Gasteiger partial charge in [-0.05, 0) is 26.8 Å². The van der Waals surface area contributed by atoms with Crippen LogP contribution in [0.1, 0.15) is 18.3 Å². The van der Waals surface area contributed by atoms with Gasteiger partial charge in [-0.25, -0.2) is 9.48 Å². The number of aryl methyl sites for hydroxylation is 2. The molecule has 3 aromatic rings. The van der Waals surface area contributed by atoms with Gasteiger partial charge >= 0.3 is 6.03 Å². The Balaban J connectivity index is 1.61. The van der Waals surface area contributed by atoms with E-state index in [-0.39, 0.29) is 24.7 Å². The van der Waals surface area contributed by atoms with E-state index in [4.69, 9.17) is 0 Å². The standard InChI is InChI=1S/C20H24N6O2/c1-4-25-15(3)19(14(2)23-25)22-20(28)21-12-13-26-18(27)11-10-17(24-26)16-8-6-5-7-9-16/h5-11H,4,12-13H2,1-3H3,(H2,21,22,28). The summed E-state index contributed by atoms with van der Waals surface area (Å²) in [5.41, 5.74) is 3.81. The van der Waals surface area contributed by atoms with Gasteiger partial charge in [0.05, 0.1) is 29.3 Å². The second-order valence-corrected chi connectivity index (χ2v) is 6.39. The van der Waals surface area contributed by atoms with Crippen molar-refractivity contribution < 1.29 is 4.79 Å². The highest BCUT2D eigenvalue weighted by Crippen LogP contribution is 2.19. The minimum atomic E-state index is -0.339. The van der Waals surface area contributed by atoms with Crippen LogP contribution in [0.15, 0.2) is 47.3 Å². The first-order chi connectivity index (χ1) is 13.5. The number of rotatable bonds is 6. The Labute approximate surface area is 163 Å². The highest BCUT2D eigenvalue weighted by molar-refractivity contribution is 5.90. The number of anilines is 1. The van der Waals surface area contributed by atoms with Crippen molar-refractivity contribution in [1.29, 1.82) is 0 Å². The van der Waals surface area contributed by atoms with Gasteiger partial charge in [-0.2, -0.15) is 10.2 Å². The minimum Gasteiger partial charge on any atom is -0.336 e. The lowest BCUT2D eigenvalue weighted by atomic mass is 10.1. The van der Waals surface area contributed by atoms with Crippen molar-refractivity contribution in [3.63, 3.8) is 0 Å². The Bertz CT molecular complexity index is 1020. The summed E-state index contributed by atoms with van der Waals surface area (Å²) in [5.74, 6) is 0. The van der Waals surface area contributed by atoms with Gasteiger partial charge in [0.15, 0.2) is 0 Å². The molecule has 0 aliphatic carbocycles. The summed E-state index contributed by atoms with van der Waals surface area (Å²) in [7, 11) is 0. The average Bonchev–Trinajstić information content (AvgIpc) is 2.97. The highest BCUT2D eigenvalue weighted by Gasteiger charge is 2.13. The molecule has 2 N–H and O–H groups in total. The Kier molecular flexibility index (Phi) is 5.88. The number of benzene rings is 1. The van der Waals surface area contributed by atoms with Gasteiger partial charge < -0.3 is 10.6 Å². The number of hydrogen-bond donors (Lipinski definition) is 2. The maximum Gasteiger partial charge on any atom is 0.319 e. The lowest BCUT2D eigenvalue weighted by Gasteiger charge is -2.10. The lowest BCUT2D eigenvalue weighted by molar-refractivity contribution is 0.251. The van der Waals surface area contributed by atoms with E-state index in [1.54, 1.807) is 6.07 Å². The lowest BCUT2D eigenvalue weighted by Crippen LogP contribution is -2.34. The number of urea groups is 1. The minimum absolute atomic E-state index is 0.210. The number of amides is 2. The molecular weight excluding hydrogens is 356 g/mol. The number of hydrogen-bond acceptors (Lipinski definition) is 4. The molecule has 3 rings (SSSR count). The van der Waals surface area contributed by atoms with Gasteiger partial charge in [-0.3, -0.25) is 9.48 Å². The van der Waals surface area contributed by atoms with Crippen LogP contribution >= 0.6 is 0 Å². The molecule has 0 fully saturated rings. The fraction of sp³-hybridized carbons (Fsp3) is 0.300. The second kappa shape index (κ2) is 8.51. The summed E-state index contributed by atoms with van der Waals surface area (Å²) < 4.78 is 3.19. The number of aromatic nitrogens is 4. The molecule has 0 aliphatic heterocycles. The summed E-state index contributed by atoms with van der Waals surface area (Å²) in [6, 6.07) is 12.5. The van der Waals surface area contributed by atoms with Crippen LogP contribution in [-0.2, 0) is 13.1 Å². The maximum atomic E-state index is 12.2. The van der Waals surface area contributed by atoms with Crippen molar-refractivity contribution in [3.05, 3.63) is 64.2 Å². The number of carbonyl (C=O) groups is 1. The number of nitrogens with one attached hydrogen (secondary N) is 2. The molecule has 0 spiro atoms. The van der Waals surface area contributed by atoms with Gasteiger partial charge in [0, 0.05) is 24.7 Å². The molecule has 2 amide bonds. The van der Waals surface area contributed by atoms with Crippen LogP contribution < -0.4 is 16.2 Å². The predicted octanol–water partition coefficient (Wildman–Crippen LogP) is 2.57. The SMILES string of the molecule is CCn1nc(C)c(NC(=O)NCCn2nc(-c3ccccc3)ccc2=O)c1C. The molecule has 28 heavy (non-hydrogen) atoms. The number of carbonyl (C=O) groups excluding carboxylic acids is 1. The van der Waals surface area contributed by atoms with Gasteiger partial charge in [-0.15, -0.1) is 0 Å².